The lowest BCUT2D eigenvalue weighted by Gasteiger charge is -2.30. The van der Waals surface area contributed by atoms with E-state index in [0.717, 1.165) is 38.0 Å². The summed E-state index contributed by atoms with van der Waals surface area (Å²) in [7, 11) is 1.68. The summed E-state index contributed by atoms with van der Waals surface area (Å²) in [6.07, 6.45) is 3.42. The third kappa shape index (κ3) is 2.83. The van der Waals surface area contributed by atoms with Gasteiger partial charge in [0.1, 0.15) is 17.3 Å². The van der Waals surface area contributed by atoms with Crippen molar-refractivity contribution in [3.63, 3.8) is 0 Å². The van der Waals surface area contributed by atoms with Crippen LogP contribution in [0.5, 0.6) is 0 Å². The van der Waals surface area contributed by atoms with Gasteiger partial charge in [-0.2, -0.15) is 0 Å². The predicted octanol–water partition coefficient (Wildman–Crippen LogP) is 3.48. The second kappa shape index (κ2) is 6.64. The van der Waals surface area contributed by atoms with Gasteiger partial charge >= 0.3 is 0 Å². The Morgan fingerprint density at radius 1 is 1.07 bits per heavy atom. The van der Waals surface area contributed by atoms with Gasteiger partial charge in [0, 0.05) is 24.4 Å². The number of anilines is 2. The van der Waals surface area contributed by atoms with Crippen LogP contribution in [-0.4, -0.2) is 38.8 Å². The van der Waals surface area contributed by atoms with Crippen LogP contribution in [0.3, 0.4) is 0 Å². The summed E-state index contributed by atoms with van der Waals surface area (Å²) < 4.78 is 7.34. The third-order valence-electron chi connectivity index (χ3n) is 4.43. The first-order valence-corrected chi connectivity index (χ1v) is 9.31. The van der Waals surface area contributed by atoms with Gasteiger partial charge in [0.2, 0.25) is 0 Å². The maximum Gasteiger partial charge on any atom is 0.168 e. The van der Waals surface area contributed by atoms with E-state index in [-0.39, 0.29) is 0 Å². The second-order valence-corrected chi connectivity index (χ2v) is 7.20. The van der Waals surface area contributed by atoms with E-state index in [1.165, 1.54) is 0 Å². The van der Waals surface area contributed by atoms with Crippen molar-refractivity contribution in [1.29, 1.82) is 0 Å². The number of hydrogen-bond donors (Lipinski definition) is 0. The lowest BCUT2D eigenvalue weighted by molar-refractivity contribution is 0.204. The number of methoxy groups -OCH3 is 1. The Kier molecular flexibility index (Phi) is 3.99. The van der Waals surface area contributed by atoms with Gasteiger partial charge in [0.25, 0.3) is 0 Å². The molecule has 5 rings (SSSR count). The Morgan fingerprint density at radius 3 is 2.89 bits per heavy atom. The summed E-state index contributed by atoms with van der Waals surface area (Å²) in [5.74, 6) is 0.820. The Labute approximate surface area is 160 Å². The number of para-hydroxylation sites is 1. The average molecular weight is 376 g/mol. The largest absolute Gasteiger partial charge is 0.364 e. The van der Waals surface area contributed by atoms with Gasteiger partial charge < -0.3 is 4.74 Å². The minimum atomic E-state index is 0.412. The van der Waals surface area contributed by atoms with Crippen LogP contribution in [0.2, 0.25) is 0 Å². The zero-order valence-electron chi connectivity index (χ0n) is 14.6. The maximum atomic E-state index is 5.42. The molecule has 3 heterocycles. The third-order valence-corrected chi connectivity index (χ3v) is 5.48. The molecule has 0 N–H and O–H groups in total. The molecule has 1 aliphatic rings. The Hall–Kier alpha value is -2.97. The summed E-state index contributed by atoms with van der Waals surface area (Å²) >= 11 is 1.63. The van der Waals surface area contributed by atoms with E-state index in [1.54, 1.807) is 31.3 Å². The standard InChI is InChI=1S/C19H16N6OS/c1-26-12-24-16-10-13(11-25-15-5-3-2-4-14(15)22-23-25)6-7-17(16)27-19-18(24)20-8-9-21-19/h2-10H,11-12H2,1H3. The van der Waals surface area contributed by atoms with Crippen molar-refractivity contribution in [2.75, 3.05) is 18.7 Å². The van der Waals surface area contributed by atoms with Gasteiger partial charge in [-0.15, -0.1) is 5.10 Å². The van der Waals surface area contributed by atoms with Crippen molar-refractivity contribution in [2.45, 2.75) is 16.5 Å². The topological polar surface area (TPSA) is 69.0 Å². The minimum absolute atomic E-state index is 0.412. The van der Waals surface area contributed by atoms with Crippen LogP contribution in [0, 0.1) is 0 Å². The first-order chi connectivity index (χ1) is 13.3. The number of benzene rings is 2. The fraction of sp³-hybridized carbons (Fsp3) is 0.158. The van der Waals surface area contributed by atoms with Crippen LogP contribution in [0.1, 0.15) is 5.56 Å². The normalized spacial score (nSPS) is 12.9. The molecule has 1 aliphatic heterocycles. The molecule has 0 unspecified atom stereocenters. The molecule has 8 heteroatoms. The molecule has 0 atom stereocenters. The Morgan fingerprint density at radius 2 is 1.96 bits per heavy atom. The molecule has 0 saturated carbocycles. The average Bonchev–Trinajstić information content (AvgIpc) is 3.11. The van der Waals surface area contributed by atoms with E-state index in [0.29, 0.717) is 13.3 Å². The number of hydrogen-bond acceptors (Lipinski definition) is 7. The zero-order valence-corrected chi connectivity index (χ0v) is 15.4. The molecule has 0 spiro atoms. The molecule has 0 amide bonds. The smallest absolute Gasteiger partial charge is 0.168 e. The molecule has 134 valence electrons. The van der Waals surface area contributed by atoms with Gasteiger partial charge in [-0.05, 0) is 29.8 Å². The van der Waals surface area contributed by atoms with Crippen molar-refractivity contribution in [1.82, 2.24) is 25.0 Å². The molecule has 0 fully saturated rings. The first-order valence-electron chi connectivity index (χ1n) is 8.50. The van der Waals surface area contributed by atoms with Crippen LogP contribution >= 0.6 is 11.8 Å². The van der Waals surface area contributed by atoms with Gasteiger partial charge in [0.15, 0.2) is 5.82 Å². The number of ether oxygens (including phenoxy) is 1. The minimum Gasteiger partial charge on any atom is -0.364 e. The van der Waals surface area contributed by atoms with Crippen molar-refractivity contribution in [3.05, 3.63) is 60.4 Å². The van der Waals surface area contributed by atoms with Gasteiger partial charge in [-0.3, -0.25) is 4.90 Å². The fourth-order valence-electron chi connectivity index (χ4n) is 3.22. The molecule has 27 heavy (non-hydrogen) atoms. The predicted molar refractivity (Wildman–Crippen MR) is 103 cm³/mol. The van der Waals surface area contributed by atoms with E-state index >= 15 is 0 Å². The van der Waals surface area contributed by atoms with Crippen LogP contribution in [-0.2, 0) is 11.3 Å². The van der Waals surface area contributed by atoms with E-state index < -0.39 is 0 Å². The molecule has 7 nitrogen and oxygen atoms in total. The Bertz CT molecular complexity index is 1130. The molecule has 2 aromatic heterocycles. The number of nitrogens with zero attached hydrogens (tertiary/aromatic N) is 6. The molecule has 0 bridgehead atoms. The quantitative estimate of drug-likeness (QED) is 0.540. The maximum absolute atomic E-state index is 5.42. The number of aromatic nitrogens is 5. The van der Waals surface area contributed by atoms with Crippen LogP contribution < -0.4 is 4.90 Å². The van der Waals surface area contributed by atoms with Crippen molar-refractivity contribution in [3.8, 4) is 0 Å². The van der Waals surface area contributed by atoms with E-state index in [1.807, 2.05) is 28.9 Å². The highest BCUT2D eigenvalue weighted by molar-refractivity contribution is 7.99. The molecular formula is C19H16N6OS. The van der Waals surface area contributed by atoms with Crippen LogP contribution in [0.4, 0.5) is 11.5 Å². The van der Waals surface area contributed by atoms with Gasteiger partial charge in [-0.25, -0.2) is 14.6 Å². The zero-order chi connectivity index (χ0) is 18.2. The van der Waals surface area contributed by atoms with Gasteiger partial charge in [0.05, 0.1) is 17.7 Å². The SMILES string of the molecule is COCN1c2cc(Cn3nnc4ccccc43)ccc2Sc2nccnc21. The molecular weight excluding hydrogens is 360 g/mol. The molecule has 0 radical (unpaired) electrons. The molecule has 0 saturated heterocycles. The summed E-state index contributed by atoms with van der Waals surface area (Å²) in [5.41, 5.74) is 4.13. The van der Waals surface area contributed by atoms with E-state index in [4.69, 9.17) is 4.74 Å². The lowest BCUT2D eigenvalue weighted by Crippen LogP contribution is -2.24. The van der Waals surface area contributed by atoms with Crippen molar-refractivity contribution >= 4 is 34.3 Å². The molecule has 0 aliphatic carbocycles. The van der Waals surface area contributed by atoms with Crippen LogP contribution in [0.25, 0.3) is 11.0 Å². The highest BCUT2D eigenvalue weighted by atomic mass is 32.2. The fourth-order valence-corrected chi connectivity index (χ4v) is 4.20. The monoisotopic (exact) mass is 376 g/mol. The Balaban J connectivity index is 1.54. The van der Waals surface area contributed by atoms with Crippen molar-refractivity contribution < 1.29 is 4.74 Å². The van der Waals surface area contributed by atoms with Crippen LogP contribution in [0.15, 0.2) is 64.8 Å². The highest BCUT2D eigenvalue weighted by Gasteiger charge is 2.25. The summed E-state index contributed by atoms with van der Waals surface area (Å²) in [5, 5.41) is 9.42. The summed E-state index contributed by atoms with van der Waals surface area (Å²) in [4.78, 5) is 12.1. The van der Waals surface area contributed by atoms with E-state index in [2.05, 4.69) is 43.4 Å². The molecule has 4 aromatic rings. The number of rotatable bonds is 4. The van der Waals surface area contributed by atoms with Gasteiger partial charge in [-0.1, -0.05) is 35.2 Å². The molecule has 2 aromatic carbocycles. The van der Waals surface area contributed by atoms with Crippen molar-refractivity contribution in [2.24, 2.45) is 0 Å². The summed E-state index contributed by atoms with van der Waals surface area (Å²) in [6, 6.07) is 14.4. The lowest BCUT2D eigenvalue weighted by atomic mass is 10.1. The second-order valence-electron chi connectivity index (χ2n) is 6.17. The highest BCUT2D eigenvalue weighted by Crippen LogP contribution is 2.46. The summed E-state index contributed by atoms with van der Waals surface area (Å²) in [6.45, 7) is 1.06. The first kappa shape index (κ1) is 16.2. The number of fused-ring (bicyclic) bond motifs is 3. The van der Waals surface area contributed by atoms with E-state index in [9.17, 15) is 0 Å².